The molecule has 1 N–H and O–H groups in total. The third-order valence-corrected chi connectivity index (χ3v) is 5.55. The summed E-state index contributed by atoms with van der Waals surface area (Å²) in [6.07, 6.45) is 6.17. The maximum atomic E-state index is 12.9. The normalized spacial score (nSPS) is 14.2. The third-order valence-electron chi connectivity index (χ3n) is 4.86. The highest BCUT2D eigenvalue weighted by Gasteiger charge is 2.27. The van der Waals surface area contributed by atoms with Gasteiger partial charge in [0.05, 0.1) is 5.56 Å². The smallest absolute Gasteiger partial charge is 0.295 e. The summed E-state index contributed by atoms with van der Waals surface area (Å²) in [5.41, 5.74) is 1.08. The van der Waals surface area contributed by atoms with E-state index in [9.17, 15) is 14.4 Å². The molecule has 1 fully saturated rings. The molecule has 0 aliphatic carbocycles. The van der Waals surface area contributed by atoms with Crippen molar-refractivity contribution in [2.75, 3.05) is 18.4 Å². The Morgan fingerprint density at radius 2 is 1.89 bits per heavy atom. The average molecular weight is 396 g/mol. The predicted molar refractivity (Wildman–Crippen MR) is 107 cm³/mol. The summed E-state index contributed by atoms with van der Waals surface area (Å²) in [6.45, 7) is 1.28. The number of Topliss-reactive ketones (excluding diaryl/α,β-unsaturated/α-hetero) is 1. The van der Waals surface area contributed by atoms with Crippen molar-refractivity contribution < 1.29 is 14.4 Å². The molecule has 4 rings (SSSR count). The number of anilines is 1. The minimum absolute atomic E-state index is 0.0330. The molecule has 144 valence electrons. The van der Waals surface area contributed by atoms with Gasteiger partial charge in [0.15, 0.2) is 5.13 Å². The molecule has 1 aromatic carbocycles. The van der Waals surface area contributed by atoms with Crippen LogP contribution in [-0.2, 0) is 16.1 Å². The van der Waals surface area contributed by atoms with Gasteiger partial charge in [-0.1, -0.05) is 18.2 Å². The summed E-state index contributed by atoms with van der Waals surface area (Å²) in [4.78, 5) is 43.6. The van der Waals surface area contributed by atoms with E-state index in [4.69, 9.17) is 0 Å². The van der Waals surface area contributed by atoms with Gasteiger partial charge in [-0.15, -0.1) is 11.3 Å². The molecule has 0 unspecified atom stereocenters. The maximum absolute atomic E-state index is 12.9. The van der Waals surface area contributed by atoms with Gasteiger partial charge in [-0.3, -0.25) is 14.4 Å². The average Bonchev–Trinajstić information content (AvgIpc) is 3.36. The molecule has 28 heavy (non-hydrogen) atoms. The monoisotopic (exact) mass is 396 g/mol. The number of ketones is 1. The van der Waals surface area contributed by atoms with E-state index in [0.717, 1.165) is 24.8 Å². The zero-order valence-electron chi connectivity index (χ0n) is 15.3. The summed E-state index contributed by atoms with van der Waals surface area (Å²) >= 11 is 1.34. The van der Waals surface area contributed by atoms with E-state index in [-0.39, 0.29) is 12.5 Å². The topological polar surface area (TPSA) is 84.3 Å². The number of piperidine rings is 1. The molecule has 2 aromatic heterocycles. The fourth-order valence-corrected chi connectivity index (χ4v) is 4.06. The van der Waals surface area contributed by atoms with Crippen molar-refractivity contribution in [3.63, 3.8) is 0 Å². The number of carbonyl (C=O) groups is 3. The first-order chi connectivity index (χ1) is 13.6. The Balaban J connectivity index is 1.59. The Kier molecular flexibility index (Phi) is 5.21. The molecule has 7 nitrogen and oxygen atoms in total. The highest BCUT2D eigenvalue weighted by atomic mass is 32.1. The largest absolute Gasteiger partial charge is 0.337 e. The number of nitrogens with zero attached hydrogens (tertiary/aromatic N) is 3. The quantitative estimate of drug-likeness (QED) is 0.531. The Hall–Kier alpha value is -3.00. The van der Waals surface area contributed by atoms with Crippen LogP contribution in [0, 0.1) is 0 Å². The van der Waals surface area contributed by atoms with E-state index in [1.165, 1.54) is 11.3 Å². The number of fused-ring (bicyclic) bond motifs is 1. The summed E-state index contributed by atoms with van der Waals surface area (Å²) in [6, 6.07) is 7.32. The second-order valence-electron chi connectivity index (χ2n) is 6.76. The number of amides is 2. The van der Waals surface area contributed by atoms with Crippen LogP contribution in [0.25, 0.3) is 10.9 Å². The van der Waals surface area contributed by atoms with Gasteiger partial charge < -0.3 is 14.8 Å². The number of aromatic nitrogens is 2. The first-order valence-corrected chi connectivity index (χ1v) is 10.1. The van der Waals surface area contributed by atoms with Crippen molar-refractivity contribution >= 4 is 45.0 Å². The molecular weight excluding hydrogens is 376 g/mol. The third kappa shape index (κ3) is 3.68. The van der Waals surface area contributed by atoms with Crippen molar-refractivity contribution in [2.24, 2.45) is 0 Å². The number of hydrogen-bond donors (Lipinski definition) is 1. The number of likely N-dealkylation sites (tertiary alicyclic amines) is 1. The van der Waals surface area contributed by atoms with Crippen molar-refractivity contribution in [2.45, 2.75) is 25.8 Å². The van der Waals surface area contributed by atoms with Crippen molar-refractivity contribution in [1.82, 2.24) is 14.5 Å². The lowest BCUT2D eigenvalue weighted by Gasteiger charge is -2.25. The van der Waals surface area contributed by atoms with E-state index in [1.807, 2.05) is 18.2 Å². The summed E-state index contributed by atoms with van der Waals surface area (Å²) in [5, 5.41) is 5.72. The number of hydrogen-bond acceptors (Lipinski definition) is 5. The van der Waals surface area contributed by atoms with Crippen LogP contribution in [0.15, 0.2) is 42.0 Å². The van der Waals surface area contributed by atoms with E-state index >= 15 is 0 Å². The fourth-order valence-electron chi connectivity index (χ4n) is 3.51. The second-order valence-corrected chi connectivity index (χ2v) is 7.65. The van der Waals surface area contributed by atoms with Crippen LogP contribution in [0.5, 0.6) is 0 Å². The Bertz CT molecular complexity index is 1020. The molecule has 1 aliphatic rings. The predicted octanol–water partition coefficient (Wildman–Crippen LogP) is 2.93. The highest BCUT2D eigenvalue weighted by Crippen LogP contribution is 2.23. The van der Waals surface area contributed by atoms with E-state index in [1.54, 1.807) is 33.3 Å². The van der Waals surface area contributed by atoms with Crippen LogP contribution in [0.2, 0.25) is 0 Å². The number of carbonyl (C=O) groups excluding carboxylic acids is 3. The zero-order valence-corrected chi connectivity index (χ0v) is 16.1. The van der Waals surface area contributed by atoms with Crippen LogP contribution < -0.4 is 5.32 Å². The Morgan fingerprint density at radius 3 is 2.64 bits per heavy atom. The Morgan fingerprint density at radius 1 is 1.11 bits per heavy atom. The van der Waals surface area contributed by atoms with Crippen LogP contribution in [0.4, 0.5) is 5.13 Å². The van der Waals surface area contributed by atoms with Gasteiger partial charge in [0.25, 0.3) is 11.7 Å². The number of benzene rings is 1. The van der Waals surface area contributed by atoms with Crippen LogP contribution in [-0.4, -0.2) is 45.1 Å². The van der Waals surface area contributed by atoms with Gasteiger partial charge in [-0.25, -0.2) is 4.98 Å². The highest BCUT2D eigenvalue weighted by molar-refractivity contribution is 7.13. The van der Waals surface area contributed by atoms with Crippen LogP contribution >= 0.6 is 11.3 Å². The molecule has 2 amide bonds. The molecule has 1 aliphatic heterocycles. The summed E-state index contributed by atoms with van der Waals surface area (Å²) in [7, 11) is 0. The number of para-hydroxylation sites is 1. The molecule has 0 saturated carbocycles. The van der Waals surface area contributed by atoms with Gasteiger partial charge in [-0.2, -0.15) is 0 Å². The Labute approximate surface area is 166 Å². The lowest BCUT2D eigenvalue weighted by molar-refractivity contribution is -0.127. The van der Waals surface area contributed by atoms with Crippen molar-refractivity contribution in [3.8, 4) is 0 Å². The maximum Gasteiger partial charge on any atom is 0.295 e. The van der Waals surface area contributed by atoms with E-state index < -0.39 is 11.7 Å². The van der Waals surface area contributed by atoms with Gasteiger partial charge in [0.1, 0.15) is 6.54 Å². The van der Waals surface area contributed by atoms with Crippen LogP contribution in [0.3, 0.4) is 0 Å². The standard InChI is InChI=1S/C20H20N4O3S/c25-17(22-20-21-8-11-28-20)13-24-12-15(14-6-2-3-7-16(14)24)18(26)19(27)23-9-4-1-5-10-23/h2-3,6-8,11-12H,1,4-5,9-10,13H2,(H,21,22,25). The molecule has 0 bridgehead atoms. The van der Waals surface area contributed by atoms with Crippen molar-refractivity contribution in [3.05, 3.63) is 47.6 Å². The molecule has 0 radical (unpaired) electrons. The molecular formula is C20H20N4O3S. The molecule has 1 saturated heterocycles. The number of nitrogens with one attached hydrogen (secondary N) is 1. The first-order valence-electron chi connectivity index (χ1n) is 9.24. The van der Waals surface area contributed by atoms with Crippen LogP contribution in [0.1, 0.15) is 29.6 Å². The van der Waals surface area contributed by atoms with E-state index in [0.29, 0.717) is 29.2 Å². The zero-order chi connectivity index (χ0) is 19.5. The van der Waals surface area contributed by atoms with Crippen molar-refractivity contribution in [1.29, 1.82) is 0 Å². The molecule has 3 aromatic rings. The summed E-state index contributed by atoms with van der Waals surface area (Å²) < 4.78 is 1.70. The molecule has 3 heterocycles. The van der Waals surface area contributed by atoms with Gasteiger partial charge in [-0.05, 0) is 25.3 Å². The fraction of sp³-hybridized carbons (Fsp3) is 0.300. The van der Waals surface area contributed by atoms with E-state index in [2.05, 4.69) is 10.3 Å². The second kappa shape index (κ2) is 7.93. The van der Waals surface area contributed by atoms with Gasteiger partial charge in [0.2, 0.25) is 5.91 Å². The lowest BCUT2D eigenvalue weighted by atomic mass is 10.1. The summed E-state index contributed by atoms with van der Waals surface area (Å²) in [5.74, 6) is -1.22. The minimum atomic E-state index is -0.516. The first kappa shape index (κ1) is 18.4. The number of rotatable bonds is 5. The SMILES string of the molecule is O=C(Cn1cc(C(=O)C(=O)N2CCCCC2)c2ccccc21)Nc1nccs1. The minimum Gasteiger partial charge on any atom is -0.337 e. The lowest BCUT2D eigenvalue weighted by Crippen LogP contribution is -2.40. The number of thiazole rings is 1. The molecule has 0 spiro atoms. The van der Waals surface area contributed by atoms with Gasteiger partial charge >= 0.3 is 0 Å². The van der Waals surface area contributed by atoms with Gasteiger partial charge in [0, 0.05) is 41.8 Å². The molecule has 0 atom stereocenters. The molecule has 8 heteroatoms.